The fraction of sp³-hybridized carbons (Fsp3) is 0.333. The van der Waals surface area contributed by atoms with E-state index in [4.69, 9.17) is 5.26 Å². The number of aromatic nitrogens is 2. The van der Waals surface area contributed by atoms with E-state index in [2.05, 4.69) is 46.8 Å². The molecule has 2 N–H and O–H groups in total. The number of rotatable bonds is 7. The van der Waals surface area contributed by atoms with Crippen molar-refractivity contribution in [2.75, 3.05) is 17.6 Å². The number of aryl methyl sites for hydroxylation is 2. The van der Waals surface area contributed by atoms with Crippen LogP contribution in [-0.2, 0) is 4.79 Å². The lowest BCUT2D eigenvalue weighted by Gasteiger charge is -2.05. The van der Waals surface area contributed by atoms with Crippen molar-refractivity contribution in [2.45, 2.75) is 24.6 Å². The fourth-order valence-electron chi connectivity index (χ4n) is 1.70. The van der Waals surface area contributed by atoms with Crippen molar-refractivity contribution in [1.82, 2.24) is 15.5 Å². The number of benzene rings is 1. The van der Waals surface area contributed by atoms with Gasteiger partial charge in [0.05, 0.1) is 18.2 Å². The average molecular weight is 347 g/mol. The SMILES string of the molecule is Cc1ccc(Nc2nnc(SCC(=O)NCCC#N)s2)cc1C. The van der Waals surface area contributed by atoms with Crippen molar-refractivity contribution >= 4 is 39.8 Å². The highest BCUT2D eigenvalue weighted by Gasteiger charge is 2.08. The minimum atomic E-state index is -0.107. The van der Waals surface area contributed by atoms with Crippen LogP contribution in [0.1, 0.15) is 17.5 Å². The summed E-state index contributed by atoms with van der Waals surface area (Å²) in [6.45, 7) is 4.51. The monoisotopic (exact) mass is 347 g/mol. The zero-order valence-corrected chi connectivity index (χ0v) is 14.6. The van der Waals surface area contributed by atoms with E-state index in [0.717, 1.165) is 10.0 Å². The predicted octanol–water partition coefficient (Wildman–Crippen LogP) is 3.02. The summed E-state index contributed by atoms with van der Waals surface area (Å²) in [5.74, 6) is 0.160. The van der Waals surface area contributed by atoms with Gasteiger partial charge in [0, 0.05) is 12.2 Å². The van der Waals surface area contributed by atoms with Gasteiger partial charge < -0.3 is 10.6 Å². The fourth-order valence-corrected chi connectivity index (χ4v) is 3.30. The van der Waals surface area contributed by atoms with Crippen LogP contribution < -0.4 is 10.6 Å². The van der Waals surface area contributed by atoms with Crippen molar-refractivity contribution in [2.24, 2.45) is 0 Å². The number of nitriles is 1. The molecule has 1 aromatic heterocycles. The third kappa shape index (κ3) is 5.54. The van der Waals surface area contributed by atoms with Gasteiger partial charge in [0.15, 0.2) is 4.34 Å². The molecule has 8 heteroatoms. The second kappa shape index (κ2) is 8.50. The zero-order chi connectivity index (χ0) is 16.7. The van der Waals surface area contributed by atoms with Gasteiger partial charge in [-0.3, -0.25) is 4.79 Å². The van der Waals surface area contributed by atoms with Gasteiger partial charge >= 0.3 is 0 Å². The summed E-state index contributed by atoms with van der Waals surface area (Å²) in [6, 6.07) is 8.10. The molecule has 0 unspecified atom stereocenters. The van der Waals surface area contributed by atoms with Crippen LogP contribution in [0.25, 0.3) is 0 Å². The van der Waals surface area contributed by atoms with E-state index in [0.29, 0.717) is 18.1 Å². The van der Waals surface area contributed by atoms with E-state index >= 15 is 0 Å². The van der Waals surface area contributed by atoms with Crippen LogP contribution in [0.3, 0.4) is 0 Å². The molecule has 1 amide bonds. The lowest BCUT2D eigenvalue weighted by Crippen LogP contribution is -2.25. The average Bonchev–Trinajstić information content (AvgIpc) is 2.97. The Balaban J connectivity index is 1.84. The Hall–Kier alpha value is -2.11. The Morgan fingerprint density at radius 1 is 1.35 bits per heavy atom. The molecular formula is C15H17N5OS2. The van der Waals surface area contributed by atoms with Crippen molar-refractivity contribution in [3.63, 3.8) is 0 Å². The maximum Gasteiger partial charge on any atom is 0.230 e. The molecule has 23 heavy (non-hydrogen) atoms. The van der Waals surface area contributed by atoms with Gasteiger partial charge in [-0.1, -0.05) is 29.2 Å². The first-order chi connectivity index (χ1) is 11.1. The van der Waals surface area contributed by atoms with Gasteiger partial charge in [-0.15, -0.1) is 10.2 Å². The number of thioether (sulfide) groups is 1. The number of hydrogen-bond donors (Lipinski definition) is 2. The highest BCUT2D eigenvalue weighted by atomic mass is 32.2. The molecule has 0 saturated heterocycles. The van der Waals surface area contributed by atoms with E-state index in [-0.39, 0.29) is 11.7 Å². The largest absolute Gasteiger partial charge is 0.354 e. The highest BCUT2D eigenvalue weighted by Crippen LogP contribution is 2.28. The molecular weight excluding hydrogens is 330 g/mol. The van der Waals surface area contributed by atoms with Gasteiger partial charge in [0.25, 0.3) is 0 Å². The molecule has 0 spiro atoms. The quantitative estimate of drug-likeness (QED) is 0.591. The zero-order valence-electron chi connectivity index (χ0n) is 12.9. The summed E-state index contributed by atoms with van der Waals surface area (Å²) in [7, 11) is 0. The van der Waals surface area contributed by atoms with Crippen LogP contribution in [-0.4, -0.2) is 28.4 Å². The minimum absolute atomic E-state index is 0.107. The molecule has 2 rings (SSSR count). The molecule has 6 nitrogen and oxygen atoms in total. The van der Waals surface area contributed by atoms with Gasteiger partial charge in [-0.25, -0.2) is 0 Å². The molecule has 1 heterocycles. The summed E-state index contributed by atoms with van der Waals surface area (Å²) >= 11 is 2.74. The molecule has 0 aliphatic heterocycles. The number of anilines is 2. The lowest BCUT2D eigenvalue weighted by atomic mass is 10.1. The molecule has 0 aliphatic rings. The normalized spacial score (nSPS) is 10.1. The van der Waals surface area contributed by atoms with Crippen LogP contribution in [0.15, 0.2) is 22.5 Å². The van der Waals surface area contributed by atoms with Gasteiger partial charge in [0.2, 0.25) is 11.0 Å². The van der Waals surface area contributed by atoms with E-state index in [9.17, 15) is 4.79 Å². The number of nitrogens with one attached hydrogen (secondary N) is 2. The van der Waals surface area contributed by atoms with Crippen LogP contribution in [0.2, 0.25) is 0 Å². The maximum absolute atomic E-state index is 11.6. The smallest absolute Gasteiger partial charge is 0.230 e. The summed E-state index contributed by atoms with van der Waals surface area (Å²) in [5.41, 5.74) is 3.42. The first-order valence-corrected chi connectivity index (χ1v) is 8.83. The van der Waals surface area contributed by atoms with Crippen molar-refractivity contribution in [3.05, 3.63) is 29.3 Å². The third-order valence-corrected chi connectivity index (χ3v) is 5.02. The van der Waals surface area contributed by atoms with Crippen molar-refractivity contribution < 1.29 is 4.79 Å². The van der Waals surface area contributed by atoms with Crippen LogP contribution >= 0.6 is 23.1 Å². The lowest BCUT2D eigenvalue weighted by molar-refractivity contribution is -0.118. The summed E-state index contributed by atoms with van der Waals surface area (Å²) in [5, 5.41) is 23.1. The van der Waals surface area contributed by atoms with Crippen molar-refractivity contribution in [1.29, 1.82) is 5.26 Å². The van der Waals surface area contributed by atoms with E-state index in [1.54, 1.807) is 0 Å². The molecule has 120 valence electrons. The van der Waals surface area contributed by atoms with Gasteiger partial charge in [-0.2, -0.15) is 5.26 Å². The number of amides is 1. The first kappa shape index (κ1) is 17.2. The first-order valence-electron chi connectivity index (χ1n) is 7.02. The Labute approximate surface area is 143 Å². The van der Waals surface area contributed by atoms with E-state index < -0.39 is 0 Å². The highest BCUT2D eigenvalue weighted by molar-refractivity contribution is 8.01. The second-order valence-corrected chi connectivity index (χ2v) is 7.04. The number of hydrogen-bond acceptors (Lipinski definition) is 7. The summed E-state index contributed by atoms with van der Waals surface area (Å²) in [4.78, 5) is 11.6. The molecule has 2 aromatic rings. The van der Waals surface area contributed by atoms with E-state index in [1.807, 2.05) is 12.1 Å². The Morgan fingerprint density at radius 3 is 2.91 bits per heavy atom. The molecule has 1 aromatic carbocycles. The molecule has 0 fully saturated rings. The van der Waals surface area contributed by atoms with E-state index in [1.165, 1.54) is 34.2 Å². The summed E-state index contributed by atoms with van der Waals surface area (Å²) < 4.78 is 0.728. The Kier molecular flexibility index (Phi) is 6.38. The predicted molar refractivity (Wildman–Crippen MR) is 93.1 cm³/mol. The molecule has 0 bridgehead atoms. The molecule has 0 saturated carbocycles. The summed E-state index contributed by atoms with van der Waals surface area (Å²) in [6.07, 6.45) is 0.319. The second-order valence-electron chi connectivity index (χ2n) is 4.84. The minimum Gasteiger partial charge on any atom is -0.354 e. The van der Waals surface area contributed by atoms with Crippen LogP contribution in [0.5, 0.6) is 0 Å². The number of nitrogens with zero attached hydrogens (tertiary/aromatic N) is 3. The van der Waals surface area contributed by atoms with Gasteiger partial charge in [0.1, 0.15) is 0 Å². The third-order valence-electron chi connectivity index (χ3n) is 3.05. The number of carbonyl (C=O) groups is 1. The Morgan fingerprint density at radius 2 is 2.17 bits per heavy atom. The molecule has 0 radical (unpaired) electrons. The standard InChI is InChI=1S/C15H17N5OS2/c1-10-4-5-12(8-11(10)2)18-14-19-20-15(23-14)22-9-13(21)17-7-3-6-16/h4-5,8H,3,7,9H2,1-2H3,(H,17,21)(H,18,19). The van der Waals surface area contributed by atoms with Crippen LogP contribution in [0, 0.1) is 25.2 Å². The van der Waals surface area contributed by atoms with Crippen molar-refractivity contribution in [3.8, 4) is 6.07 Å². The van der Waals surface area contributed by atoms with Gasteiger partial charge in [-0.05, 0) is 37.1 Å². The maximum atomic E-state index is 11.6. The van der Waals surface area contributed by atoms with Crippen LogP contribution in [0.4, 0.5) is 10.8 Å². The number of carbonyl (C=O) groups excluding carboxylic acids is 1. The topological polar surface area (TPSA) is 90.7 Å². The molecule has 0 aliphatic carbocycles. The Bertz CT molecular complexity index is 723. The molecule has 0 atom stereocenters.